The molecule has 3 rings (SSSR count). The van der Waals surface area contributed by atoms with Crippen molar-refractivity contribution in [1.82, 2.24) is 0 Å². The van der Waals surface area contributed by atoms with Gasteiger partial charge < -0.3 is 4.90 Å². The van der Waals surface area contributed by atoms with E-state index in [1.807, 2.05) is 43.3 Å². The maximum Gasteiger partial charge on any atom is 0.250 e. The second-order valence-corrected chi connectivity index (χ2v) is 8.41. The minimum absolute atomic E-state index is 0.125. The number of hydrogen-bond acceptors (Lipinski definition) is 3. The van der Waals surface area contributed by atoms with Crippen molar-refractivity contribution < 1.29 is 13.2 Å². The number of aryl methyl sites for hydroxylation is 1. The molecule has 1 fully saturated rings. The number of carbonyl (C=O) groups excluding carboxylic acids is 1. The van der Waals surface area contributed by atoms with Gasteiger partial charge >= 0.3 is 0 Å². The van der Waals surface area contributed by atoms with Gasteiger partial charge in [-0.15, -0.1) is 0 Å². The first kappa shape index (κ1) is 18.2. The van der Waals surface area contributed by atoms with Gasteiger partial charge in [-0.2, -0.15) is 0 Å². The molecule has 0 atom stereocenters. The van der Waals surface area contributed by atoms with Gasteiger partial charge in [-0.1, -0.05) is 29.8 Å². The van der Waals surface area contributed by atoms with Crippen molar-refractivity contribution in [3.05, 3.63) is 65.7 Å². The lowest BCUT2D eigenvalue weighted by atomic mass is 10.2. The fourth-order valence-corrected chi connectivity index (χ4v) is 4.42. The molecule has 0 aliphatic carbocycles. The molecule has 1 saturated heterocycles. The van der Waals surface area contributed by atoms with Gasteiger partial charge in [0.05, 0.1) is 11.4 Å². The maximum atomic E-state index is 12.3. The molecule has 0 spiro atoms. The van der Waals surface area contributed by atoms with Crippen molar-refractivity contribution in [2.45, 2.75) is 13.3 Å². The molecule has 1 aliphatic rings. The zero-order valence-corrected chi connectivity index (χ0v) is 15.7. The van der Waals surface area contributed by atoms with Gasteiger partial charge in [-0.25, -0.2) is 8.42 Å². The molecule has 1 aliphatic heterocycles. The molecule has 0 N–H and O–H groups in total. The summed E-state index contributed by atoms with van der Waals surface area (Å²) in [4.78, 5) is 13.9. The first-order valence-electron chi connectivity index (χ1n) is 8.50. The summed E-state index contributed by atoms with van der Waals surface area (Å²) in [5.41, 5.74) is 3.49. The van der Waals surface area contributed by atoms with Crippen LogP contribution in [0.4, 0.5) is 11.4 Å². The molecule has 0 unspecified atom stereocenters. The highest BCUT2D eigenvalue weighted by molar-refractivity contribution is 7.93. The van der Waals surface area contributed by atoms with Crippen LogP contribution in [0.2, 0.25) is 0 Å². The number of carbonyl (C=O) groups is 1. The summed E-state index contributed by atoms with van der Waals surface area (Å²) in [6, 6.07) is 14.9. The van der Waals surface area contributed by atoms with Crippen LogP contribution in [0.25, 0.3) is 6.08 Å². The molecule has 136 valence electrons. The molecule has 1 heterocycles. The fraction of sp³-hybridized carbons (Fsp3) is 0.250. The molecule has 0 aromatic heterocycles. The standard InChI is InChI=1S/C20H22N2O3S/c1-16-4-9-18(10-5-16)21(2)20(23)13-8-17-6-11-19(12-7-17)22-14-3-15-26(22,24)25/h4-13H,3,14-15H2,1-2H3/b13-8+. The predicted molar refractivity (Wildman–Crippen MR) is 106 cm³/mol. The Balaban J connectivity index is 1.68. The molecule has 0 radical (unpaired) electrons. The molecule has 0 saturated carbocycles. The molecule has 1 amide bonds. The van der Waals surface area contributed by atoms with E-state index in [1.165, 1.54) is 10.4 Å². The lowest BCUT2D eigenvalue weighted by molar-refractivity contribution is -0.113. The zero-order valence-electron chi connectivity index (χ0n) is 14.9. The van der Waals surface area contributed by atoms with Crippen LogP contribution in [0.3, 0.4) is 0 Å². The molecule has 2 aromatic carbocycles. The number of nitrogens with zero attached hydrogens (tertiary/aromatic N) is 2. The van der Waals surface area contributed by atoms with E-state index in [-0.39, 0.29) is 11.7 Å². The number of likely N-dealkylation sites (N-methyl/N-ethyl adjacent to an activating group) is 1. The monoisotopic (exact) mass is 370 g/mol. The van der Waals surface area contributed by atoms with Gasteiger partial charge in [0.2, 0.25) is 10.0 Å². The van der Waals surface area contributed by atoms with Crippen LogP contribution >= 0.6 is 0 Å². The number of sulfonamides is 1. The lowest BCUT2D eigenvalue weighted by Gasteiger charge is -2.17. The van der Waals surface area contributed by atoms with Crippen molar-refractivity contribution in [1.29, 1.82) is 0 Å². The smallest absolute Gasteiger partial charge is 0.250 e. The number of amides is 1. The van der Waals surface area contributed by atoms with Crippen LogP contribution in [-0.2, 0) is 14.8 Å². The molecule has 0 bridgehead atoms. The molecular weight excluding hydrogens is 348 g/mol. The van der Waals surface area contributed by atoms with E-state index in [2.05, 4.69) is 0 Å². The summed E-state index contributed by atoms with van der Waals surface area (Å²) in [5, 5.41) is 0. The van der Waals surface area contributed by atoms with Crippen molar-refractivity contribution >= 4 is 33.4 Å². The minimum atomic E-state index is -3.17. The Labute approximate surface area is 154 Å². The van der Waals surface area contributed by atoms with Gasteiger partial charge in [0.15, 0.2) is 0 Å². The van der Waals surface area contributed by atoms with Gasteiger partial charge in [0.1, 0.15) is 0 Å². The zero-order chi connectivity index (χ0) is 18.7. The highest BCUT2D eigenvalue weighted by atomic mass is 32.2. The third kappa shape index (κ3) is 3.96. The van der Waals surface area contributed by atoms with Gasteiger partial charge in [0, 0.05) is 25.4 Å². The third-order valence-corrected chi connectivity index (χ3v) is 6.32. The Bertz CT molecular complexity index is 917. The Kier molecular flexibility index (Phi) is 5.13. The highest BCUT2D eigenvalue weighted by Gasteiger charge is 2.28. The van der Waals surface area contributed by atoms with Gasteiger partial charge in [0.25, 0.3) is 5.91 Å². The summed E-state index contributed by atoms with van der Waals surface area (Å²) >= 11 is 0. The van der Waals surface area contributed by atoms with E-state index in [4.69, 9.17) is 0 Å². The number of rotatable bonds is 4. The average Bonchev–Trinajstić information content (AvgIpc) is 2.99. The van der Waals surface area contributed by atoms with E-state index in [0.717, 1.165) is 16.8 Å². The minimum Gasteiger partial charge on any atom is -0.312 e. The van der Waals surface area contributed by atoms with Gasteiger partial charge in [-0.3, -0.25) is 9.10 Å². The van der Waals surface area contributed by atoms with Gasteiger partial charge in [-0.05, 0) is 49.2 Å². The highest BCUT2D eigenvalue weighted by Crippen LogP contribution is 2.24. The summed E-state index contributed by atoms with van der Waals surface area (Å²) < 4.78 is 25.4. The SMILES string of the molecule is Cc1ccc(N(C)C(=O)/C=C/c2ccc(N3CCCS3(=O)=O)cc2)cc1. The summed E-state index contributed by atoms with van der Waals surface area (Å²) in [6.07, 6.45) is 3.90. The predicted octanol–water partition coefficient (Wildman–Crippen LogP) is 3.21. The summed E-state index contributed by atoms with van der Waals surface area (Å²) in [7, 11) is -1.43. The molecule has 2 aromatic rings. The van der Waals surface area contributed by atoms with E-state index in [0.29, 0.717) is 18.7 Å². The number of anilines is 2. The number of hydrogen-bond donors (Lipinski definition) is 0. The van der Waals surface area contributed by atoms with Crippen LogP contribution in [0.15, 0.2) is 54.6 Å². The van der Waals surface area contributed by atoms with Crippen molar-refractivity contribution in [3.63, 3.8) is 0 Å². The Morgan fingerprint density at radius 3 is 2.31 bits per heavy atom. The lowest BCUT2D eigenvalue weighted by Crippen LogP contribution is -2.24. The van der Waals surface area contributed by atoms with Crippen LogP contribution in [0, 0.1) is 6.92 Å². The Morgan fingerprint density at radius 1 is 1.08 bits per heavy atom. The van der Waals surface area contributed by atoms with Crippen LogP contribution in [0.1, 0.15) is 17.5 Å². The van der Waals surface area contributed by atoms with Crippen LogP contribution in [0.5, 0.6) is 0 Å². The number of benzene rings is 2. The van der Waals surface area contributed by atoms with Crippen LogP contribution < -0.4 is 9.21 Å². The van der Waals surface area contributed by atoms with Crippen molar-refractivity contribution in [2.75, 3.05) is 28.6 Å². The first-order valence-corrected chi connectivity index (χ1v) is 10.1. The first-order chi connectivity index (χ1) is 12.4. The van der Waals surface area contributed by atoms with Crippen LogP contribution in [-0.4, -0.2) is 33.7 Å². The molecule has 6 heteroatoms. The van der Waals surface area contributed by atoms with E-state index in [1.54, 1.807) is 30.2 Å². The molecule has 5 nitrogen and oxygen atoms in total. The quantitative estimate of drug-likeness (QED) is 0.777. The van der Waals surface area contributed by atoms with Crippen molar-refractivity contribution in [2.24, 2.45) is 0 Å². The fourth-order valence-electron chi connectivity index (χ4n) is 2.86. The Hall–Kier alpha value is -2.60. The third-order valence-electron chi connectivity index (χ3n) is 4.45. The summed E-state index contributed by atoms with van der Waals surface area (Å²) in [6.45, 7) is 2.53. The molecular formula is C20H22N2O3S. The second-order valence-electron chi connectivity index (χ2n) is 6.40. The normalized spacial score (nSPS) is 16.2. The molecule has 26 heavy (non-hydrogen) atoms. The van der Waals surface area contributed by atoms with E-state index in [9.17, 15) is 13.2 Å². The second kappa shape index (κ2) is 7.33. The topological polar surface area (TPSA) is 57.7 Å². The Morgan fingerprint density at radius 2 is 1.73 bits per heavy atom. The average molecular weight is 370 g/mol. The summed E-state index contributed by atoms with van der Waals surface area (Å²) in [5.74, 6) is 0.0779. The van der Waals surface area contributed by atoms with Crippen molar-refractivity contribution in [3.8, 4) is 0 Å². The maximum absolute atomic E-state index is 12.3. The van der Waals surface area contributed by atoms with E-state index >= 15 is 0 Å². The largest absolute Gasteiger partial charge is 0.312 e. The van der Waals surface area contributed by atoms with E-state index < -0.39 is 10.0 Å².